The Morgan fingerprint density at radius 3 is 2.53 bits per heavy atom. The molecule has 0 unspecified atom stereocenters. The van der Waals surface area contributed by atoms with E-state index in [-0.39, 0.29) is 5.91 Å². The fourth-order valence-electron chi connectivity index (χ4n) is 2.57. The molecule has 7 nitrogen and oxygen atoms in total. The highest BCUT2D eigenvalue weighted by molar-refractivity contribution is 5.72. The van der Waals surface area contributed by atoms with Crippen molar-refractivity contribution >= 4 is 23.9 Å². The minimum absolute atomic E-state index is 0.0323. The zero-order valence-electron chi connectivity index (χ0n) is 17.4. The predicted molar refractivity (Wildman–Crippen MR) is 118 cm³/mol. The standard InChI is InChI=1S/C23H25N5O2/c1-18(29)27(2)14-15-28(3)22-16-24-17-23(26-22)30-21-11-8-19(9-12-21)7-10-20-6-4-5-13-25-20/h4-13,16-17H,14-15H2,1-3H3. The van der Waals surface area contributed by atoms with Crippen LogP contribution in [0.1, 0.15) is 18.2 Å². The van der Waals surface area contributed by atoms with Gasteiger partial charge in [0.05, 0.1) is 18.1 Å². The fourth-order valence-corrected chi connectivity index (χ4v) is 2.57. The molecule has 2 heterocycles. The monoisotopic (exact) mass is 403 g/mol. The number of likely N-dealkylation sites (N-methyl/N-ethyl adjacent to an activating group) is 2. The number of nitrogens with zero attached hydrogens (tertiary/aromatic N) is 5. The summed E-state index contributed by atoms with van der Waals surface area (Å²) in [6, 6.07) is 13.5. The summed E-state index contributed by atoms with van der Waals surface area (Å²) >= 11 is 0. The molecule has 0 radical (unpaired) electrons. The summed E-state index contributed by atoms with van der Waals surface area (Å²) in [6.07, 6.45) is 8.98. The summed E-state index contributed by atoms with van der Waals surface area (Å²) in [7, 11) is 3.68. The summed E-state index contributed by atoms with van der Waals surface area (Å²) in [5, 5.41) is 0. The van der Waals surface area contributed by atoms with Gasteiger partial charge in [0, 0.05) is 40.3 Å². The third-order valence-corrected chi connectivity index (χ3v) is 4.54. The van der Waals surface area contributed by atoms with Crippen LogP contribution in [0.2, 0.25) is 0 Å². The number of benzene rings is 1. The Hall–Kier alpha value is -3.74. The Labute approximate surface area is 176 Å². The fraction of sp³-hybridized carbons (Fsp3) is 0.217. The van der Waals surface area contributed by atoms with Gasteiger partial charge in [-0.1, -0.05) is 24.3 Å². The quantitative estimate of drug-likeness (QED) is 0.570. The number of carbonyl (C=O) groups excluding carboxylic acids is 1. The zero-order valence-corrected chi connectivity index (χ0v) is 17.4. The first-order chi connectivity index (χ1) is 14.5. The van der Waals surface area contributed by atoms with E-state index in [0.717, 1.165) is 11.3 Å². The zero-order chi connectivity index (χ0) is 21.3. The van der Waals surface area contributed by atoms with Gasteiger partial charge in [-0.05, 0) is 35.9 Å². The molecule has 1 aromatic carbocycles. The second kappa shape index (κ2) is 10.2. The minimum Gasteiger partial charge on any atom is -0.437 e. The molecule has 0 aliphatic heterocycles. The molecule has 0 atom stereocenters. The normalized spacial score (nSPS) is 10.8. The maximum atomic E-state index is 11.3. The van der Waals surface area contributed by atoms with Gasteiger partial charge in [-0.25, -0.2) is 0 Å². The Kier molecular flexibility index (Phi) is 7.10. The number of amides is 1. The van der Waals surface area contributed by atoms with E-state index in [9.17, 15) is 4.79 Å². The van der Waals surface area contributed by atoms with E-state index in [1.807, 2.05) is 66.6 Å². The van der Waals surface area contributed by atoms with Gasteiger partial charge in [0.15, 0.2) is 5.82 Å². The second-order valence-electron chi connectivity index (χ2n) is 6.84. The van der Waals surface area contributed by atoms with E-state index in [2.05, 4.69) is 15.0 Å². The summed E-state index contributed by atoms with van der Waals surface area (Å²) in [4.78, 5) is 27.9. The number of pyridine rings is 1. The van der Waals surface area contributed by atoms with Crippen LogP contribution in [0.15, 0.2) is 61.1 Å². The number of hydrogen-bond donors (Lipinski definition) is 0. The molecule has 3 rings (SSSR count). The lowest BCUT2D eigenvalue weighted by Crippen LogP contribution is -2.33. The smallest absolute Gasteiger partial charge is 0.239 e. The molecular weight excluding hydrogens is 378 g/mol. The first-order valence-corrected chi connectivity index (χ1v) is 9.63. The molecule has 3 aromatic rings. The summed E-state index contributed by atoms with van der Waals surface area (Å²) < 4.78 is 5.85. The lowest BCUT2D eigenvalue weighted by molar-refractivity contribution is -0.127. The maximum absolute atomic E-state index is 11.3. The first kappa shape index (κ1) is 21.0. The Balaban J connectivity index is 1.60. The van der Waals surface area contributed by atoms with E-state index in [1.165, 1.54) is 0 Å². The van der Waals surface area contributed by atoms with Crippen molar-refractivity contribution in [1.29, 1.82) is 0 Å². The number of anilines is 1. The maximum Gasteiger partial charge on any atom is 0.239 e. The van der Waals surface area contributed by atoms with Crippen molar-refractivity contribution in [2.45, 2.75) is 6.92 Å². The summed E-state index contributed by atoms with van der Waals surface area (Å²) in [5.74, 6) is 1.80. The Morgan fingerprint density at radius 1 is 1.03 bits per heavy atom. The third-order valence-electron chi connectivity index (χ3n) is 4.54. The number of rotatable bonds is 8. The predicted octanol–water partition coefficient (Wildman–Crippen LogP) is 3.75. The van der Waals surface area contributed by atoms with Crippen molar-refractivity contribution in [2.24, 2.45) is 0 Å². The largest absolute Gasteiger partial charge is 0.437 e. The highest BCUT2D eigenvalue weighted by atomic mass is 16.5. The van der Waals surface area contributed by atoms with Gasteiger partial charge < -0.3 is 14.5 Å². The SMILES string of the molecule is CC(=O)N(C)CCN(C)c1cncc(Oc2ccc(C=Cc3ccccn3)cc2)n1. The van der Waals surface area contributed by atoms with Crippen LogP contribution in [0.5, 0.6) is 11.6 Å². The van der Waals surface area contributed by atoms with Gasteiger partial charge in [-0.2, -0.15) is 4.98 Å². The van der Waals surface area contributed by atoms with Crippen molar-refractivity contribution in [2.75, 3.05) is 32.1 Å². The number of hydrogen-bond acceptors (Lipinski definition) is 6. The van der Waals surface area contributed by atoms with E-state index in [0.29, 0.717) is 30.5 Å². The van der Waals surface area contributed by atoms with Crippen molar-refractivity contribution in [1.82, 2.24) is 19.9 Å². The van der Waals surface area contributed by atoms with Gasteiger partial charge in [-0.3, -0.25) is 14.8 Å². The van der Waals surface area contributed by atoms with Crippen LogP contribution < -0.4 is 9.64 Å². The Morgan fingerprint density at radius 2 is 1.83 bits per heavy atom. The van der Waals surface area contributed by atoms with Crippen LogP contribution in [0.4, 0.5) is 5.82 Å². The molecule has 1 amide bonds. The van der Waals surface area contributed by atoms with Crippen molar-refractivity contribution < 1.29 is 9.53 Å². The molecule has 0 saturated carbocycles. The molecule has 0 aliphatic rings. The van der Waals surface area contributed by atoms with E-state index in [4.69, 9.17) is 4.74 Å². The highest BCUT2D eigenvalue weighted by Crippen LogP contribution is 2.22. The van der Waals surface area contributed by atoms with Crippen molar-refractivity contribution in [3.63, 3.8) is 0 Å². The highest BCUT2D eigenvalue weighted by Gasteiger charge is 2.08. The van der Waals surface area contributed by atoms with Crippen LogP contribution in [0.3, 0.4) is 0 Å². The summed E-state index contributed by atoms with van der Waals surface area (Å²) in [5.41, 5.74) is 1.95. The molecular formula is C23H25N5O2. The van der Waals surface area contributed by atoms with Gasteiger partial charge in [0.2, 0.25) is 11.8 Å². The van der Waals surface area contributed by atoms with Crippen LogP contribution in [0, 0.1) is 0 Å². The lowest BCUT2D eigenvalue weighted by atomic mass is 10.2. The van der Waals surface area contributed by atoms with Gasteiger partial charge in [0.1, 0.15) is 5.75 Å². The van der Waals surface area contributed by atoms with Crippen LogP contribution >= 0.6 is 0 Å². The Bertz CT molecular complexity index is 990. The molecule has 0 bridgehead atoms. The van der Waals surface area contributed by atoms with Crippen molar-refractivity contribution in [3.05, 3.63) is 72.3 Å². The average molecular weight is 403 g/mol. The van der Waals surface area contributed by atoms with E-state index in [1.54, 1.807) is 37.5 Å². The van der Waals surface area contributed by atoms with E-state index < -0.39 is 0 Å². The number of carbonyl (C=O) groups is 1. The van der Waals surface area contributed by atoms with Crippen LogP contribution in [0.25, 0.3) is 12.2 Å². The molecule has 0 N–H and O–H groups in total. The van der Waals surface area contributed by atoms with Crippen LogP contribution in [-0.4, -0.2) is 52.9 Å². The summed E-state index contributed by atoms with van der Waals surface area (Å²) in [6.45, 7) is 2.80. The molecule has 2 aromatic heterocycles. The van der Waals surface area contributed by atoms with Crippen LogP contribution in [-0.2, 0) is 4.79 Å². The molecule has 7 heteroatoms. The molecule has 30 heavy (non-hydrogen) atoms. The minimum atomic E-state index is 0.0323. The molecule has 0 spiro atoms. The van der Waals surface area contributed by atoms with Crippen molar-refractivity contribution in [3.8, 4) is 11.6 Å². The van der Waals surface area contributed by atoms with Gasteiger partial charge >= 0.3 is 0 Å². The molecule has 0 aliphatic carbocycles. The van der Waals surface area contributed by atoms with Gasteiger partial charge in [-0.15, -0.1) is 0 Å². The number of aromatic nitrogens is 3. The van der Waals surface area contributed by atoms with E-state index >= 15 is 0 Å². The molecule has 0 saturated heterocycles. The van der Waals surface area contributed by atoms with Gasteiger partial charge in [0.25, 0.3) is 0 Å². The average Bonchev–Trinajstić information content (AvgIpc) is 2.77. The third kappa shape index (κ3) is 6.13. The second-order valence-corrected chi connectivity index (χ2v) is 6.84. The molecule has 0 fully saturated rings. The lowest BCUT2D eigenvalue weighted by Gasteiger charge is -2.22. The number of ether oxygens (including phenoxy) is 1. The topological polar surface area (TPSA) is 71.5 Å². The first-order valence-electron chi connectivity index (χ1n) is 9.63. The molecule has 154 valence electrons.